The molecule has 0 N–H and O–H groups in total. The maximum absolute atomic E-state index is 2.39. The third kappa shape index (κ3) is 41.0. The van der Waals surface area contributed by atoms with Crippen LogP contribution in [0.15, 0.2) is 0 Å². The molecule has 0 aromatic heterocycles. The second kappa shape index (κ2) is 26.6. The number of rotatable bonds is 16. The van der Waals surface area contributed by atoms with Gasteiger partial charge in [-0.3, -0.25) is 0 Å². The van der Waals surface area contributed by atoms with Crippen molar-refractivity contribution >= 4 is 60.7 Å². The van der Waals surface area contributed by atoms with Crippen LogP contribution in [0.3, 0.4) is 0 Å². The molecular formula is C32H72Sn3. The van der Waals surface area contributed by atoms with E-state index in [0.717, 1.165) is 47.3 Å². The Bertz CT molecular complexity index is 325. The van der Waals surface area contributed by atoms with Crippen LogP contribution in [0.1, 0.15) is 111 Å². The number of hydrogen-bond donors (Lipinski definition) is 0. The normalized spacial score (nSPS) is 12.2. The summed E-state index contributed by atoms with van der Waals surface area (Å²) in [5.41, 5.74) is 0. The molecule has 4 radical (unpaired) electrons. The van der Waals surface area contributed by atoms with Crippen LogP contribution < -0.4 is 0 Å². The summed E-state index contributed by atoms with van der Waals surface area (Å²) in [6.07, 6.45) is 0. The van der Waals surface area contributed by atoms with Crippen molar-refractivity contribution in [2.24, 2.45) is 47.3 Å². The van der Waals surface area contributed by atoms with Crippen LogP contribution in [-0.4, -0.2) is 60.7 Å². The van der Waals surface area contributed by atoms with Gasteiger partial charge in [0, 0.05) is 0 Å². The molecule has 0 aliphatic carbocycles. The van der Waals surface area contributed by atoms with Gasteiger partial charge in [-0.15, -0.1) is 0 Å². The summed E-state index contributed by atoms with van der Waals surface area (Å²) < 4.78 is 12.8. The first-order valence-corrected chi connectivity index (χ1v) is 31.5. The molecule has 0 aliphatic rings. The summed E-state index contributed by atoms with van der Waals surface area (Å²) in [6, 6.07) is 0. The standard InChI is InChI=1S/8C4H9.3Sn/c8*1-4(2)3;;;/h8*4H,1H2,2-3H3;;;. The third-order valence-corrected chi connectivity index (χ3v) is 35.5. The van der Waals surface area contributed by atoms with Crippen LogP contribution in [0, 0.1) is 47.3 Å². The van der Waals surface area contributed by atoms with E-state index in [1.54, 1.807) is 35.5 Å². The Morgan fingerprint density at radius 2 is 0.486 bits per heavy atom. The molecule has 0 rings (SSSR count). The second-order valence-electron chi connectivity index (χ2n) is 14.5. The van der Waals surface area contributed by atoms with E-state index in [1.165, 1.54) is 0 Å². The van der Waals surface area contributed by atoms with Gasteiger partial charge in [0.15, 0.2) is 0 Å². The van der Waals surface area contributed by atoms with E-state index in [0.29, 0.717) is 0 Å². The van der Waals surface area contributed by atoms with Gasteiger partial charge in [0.1, 0.15) is 0 Å². The van der Waals surface area contributed by atoms with E-state index >= 15 is 0 Å². The van der Waals surface area contributed by atoms with Crippen LogP contribution in [0.5, 0.6) is 0 Å². The SMILES string of the molecule is CC(C)[CH2][Sn]([CH2]C(C)C)[CH2]C(C)C.CC(C)[CH2][Sn]([CH2]C(C)C)[CH2]C(C)C.CC(C)[CH2][Sn][CH2]C(C)C. The van der Waals surface area contributed by atoms with Crippen molar-refractivity contribution in [1.29, 1.82) is 0 Å². The quantitative estimate of drug-likeness (QED) is 0.136. The molecule has 0 aromatic carbocycles. The average Bonchev–Trinajstić information content (AvgIpc) is 2.58. The molecule has 0 spiro atoms. The van der Waals surface area contributed by atoms with Crippen molar-refractivity contribution in [2.45, 2.75) is 146 Å². The molecule has 0 nitrogen and oxygen atoms in total. The third-order valence-electron chi connectivity index (χ3n) is 5.29. The summed E-state index contributed by atoms with van der Waals surface area (Å²) in [7, 11) is 0. The molecule has 0 fully saturated rings. The molecule has 0 amide bonds. The van der Waals surface area contributed by atoms with Crippen molar-refractivity contribution in [2.75, 3.05) is 0 Å². The van der Waals surface area contributed by atoms with Crippen molar-refractivity contribution in [3.05, 3.63) is 0 Å². The summed E-state index contributed by atoms with van der Waals surface area (Å²) >= 11 is -1.88. The van der Waals surface area contributed by atoms with Crippen molar-refractivity contribution in [3.8, 4) is 0 Å². The molecule has 0 unspecified atom stereocenters. The zero-order valence-corrected chi connectivity index (χ0v) is 36.3. The predicted octanol–water partition coefficient (Wildman–Crippen LogP) is 11.7. The van der Waals surface area contributed by atoms with Crippen molar-refractivity contribution in [1.82, 2.24) is 0 Å². The van der Waals surface area contributed by atoms with Crippen molar-refractivity contribution < 1.29 is 0 Å². The molecule has 0 aliphatic heterocycles. The van der Waals surface area contributed by atoms with Gasteiger partial charge in [-0.1, -0.05) is 0 Å². The Balaban J connectivity index is -0.000000448. The zero-order chi connectivity index (χ0) is 28.1. The topological polar surface area (TPSA) is 0 Å². The predicted molar refractivity (Wildman–Crippen MR) is 174 cm³/mol. The van der Waals surface area contributed by atoms with E-state index in [1.807, 2.05) is 0 Å². The van der Waals surface area contributed by atoms with Gasteiger partial charge in [0.2, 0.25) is 0 Å². The molecule has 0 heterocycles. The van der Waals surface area contributed by atoms with E-state index in [-0.39, 0.29) is 21.1 Å². The van der Waals surface area contributed by atoms with Gasteiger partial charge in [-0.25, -0.2) is 0 Å². The maximum atomic E-state index is 2.39. The van der Waals surface area contributed by atoms with Gasteiger partial charge in [-0.05, 0) is 0 Å². The first-order valence-electron chi connectivity index (χ1n) is 15.3. The number of hydrogen-bond acceptors (Lipinski definition) is 0. The minimum atomic E-state index is -0.976. The van der Waals surface area contributed by atoms with Crippen LogP contribution in [0.2, 0.25) is 35.5 Å². The Labute approximate surface area is 251 Å². The molecule has 0 saturated carbocycles. The van der Waals surface area contributed by atoms with Crippen LogP contribution >= 0.6 is 0 Å². The molecule has 0 bridgehead atoms. The summed E-state index contributed by atoms with van der Waals surface area (Å²) in [5, 5.41) is 0. The second-order valence-corrected chi connectivity index (χ2v) is 33.8. The Kier molecular flexibility index (Phi) is 31.8. The van der Waals surface area contributed by atoms with E-state index < -0.39 is 39.5 Å². The van der Waals surface area contributed by atoms with Crippen molar-refractivity contribution in [3.63, 3.8) is 0 Å². The van der Waals surface area contributed by atoms with Gasteiger partial charge in [0.05, 0.1) is 0 Å². The first-order chi connectivity index (χ1) is 16.0. The fourth-order valence-corrected chi connectivity index (χ4v) is 31.0. The monoisotopic (exact) mass is 816 g/mol. The van der Waals surface area contributed by atoms with Crippen LogP contribution in [0.4, 0.5) is 0 Å². The molecule has 3 heteroatoms. The van der Waals surface area contributed by atoms with E-state index in [4.69, 9.17) is 0 Å². The molecule has 0 aromatic rings. The molecule has 35 heavy (non-hydrogen) atoms. The van der Waals surface area contributed by atoms with E-state index in [2.05, 4.69) is 111 Å². The summed E-state index contributed by atoms with van der Waals surface area (Å²) in [6.45, 7) is 38.0. The first kappa shape index (κ1) is 41.9. The van der Waals surface area contributed by atoms with Gasteiger partial charge in [-0.2, -0.15) is 0 Å². The van der Waals surface area contributed by atoms with Crippen LogP contribution in [-0.2, 0) is 0 Å². The van der Waals surface area contributed by atoms with Gasteiger partial charge >= 0.3 is 254 Å². The Morgan fingerprint density at radius 1 is 0.314 bits per heavy atom. The fraction of sp³-hybridized carbons (Fsp3) is 1.00. The Hall–Kier alpha value is 2.40. The minimum absolute atomic E-state index is 0.0709. The van der Waals surface area contributed by atoms with E-state index in [9.17, 15) is 0 Å². The summed E-state index contributed by atoms with van der Waals surface area (Å²) in [4.78, 5) is 0. The fourth-order valence-electron chi connectivity index (χ4n) is 4.62. The van der Waals surface area contributed by atoms with Gasteiger partial charge < -0.3 is 0 Å². The molecular weight excluding hydrogens is 740 g/mol. The van der Waals surface area contributed by atoms with Gasteiger partial charge in [0.25, 0.3) is 0 Å². The summed E-state index contributed by atoms with van der Waals surface area (Å²) in [5.74, 6) is 7.64. The Morgan fingerprint density at radius 3 is 0.600 bits per heavy atom. The zero-order valence-electron chi connectivity index (χ0n) is 27.8. The molecule has 212 valence electrons. The molecule has 0 saturated heterocycles. The molecule has 0 atom stereocenters. The van der Waals surface area contributed by atoms with Crippen LogP contribution in [0.25, 0.3) is 0 Å². The average molecular weight is 813 g/mol.